The molecule has 1 aromatic heterocycles. The molecule has 0 aliphatic rings. The van der Waals surface area contributed by atoms with Gasteiger partial charge in [-0.15, -0.1) is 17.9 Å². The molecule has 19 heavy (non-hydrogen) atoms. The number of amides is 2. The first-order valence-electron chi connectivity index (χ1n) is 5.82. The third kappa shape index (κ3) is 5.52. The van der Waals surface area contributed by atoms with Crippen LogP contribution < -0.4 is 10.6 Å². The molecule has 0 aliphatic carbocycles. The van der Waals surface area contributed by atoms with Crippen molar-refractivity contribution >= 4 is 23.3 Å². The Morgan fingerprint density at radius 3 is 2.89 bits per heavy atom. The summed E-state index contributed by atoms with van der Waals surface area (Å²) in [6, 6.07) is -1.44. The molecule has 2 amide bonds. The fraction of sp³-hybridized carbons (Fsp3) is 0.417. The highest BCUT2D eigenvalue weighted by atomic mass is 32.1. The van der Waals surface area contributed by atoms with Gasteiger partial charge in [0.1, 0.15) is 6.04 Å². The highest BCUT2D eigenvalue weighted by Gasteiger charge is 2.17. The number of carboxylic acids is 1. The lowest BCUT2D eigenvalue weighted by Gasteiger charge is -2.13. The highest BCUT2D eigenvalue weighted by molar-refractivity contribution is 7.09. The molecule has 1 unspecified atom stereocenters. The minimum absolute atomic E-state index is 0.189. The Balaban J connectivity index is 2.30. The van der Waals surface area contributed by atoms with Crippen LogP contribution in [0.3, 0.4) is 0 Å². The molecule has 1 atom stereocenters. The number of nitrogens with one attached hydrogen (secondary N) is 2. The van der Waals surface area contributed by atoms with Gasteiger partial charge >= 0.3 is 12.0 Å². The second-order valence-corrected chi connectivity index (χ2v) is 4.89. The van der Waals surface area contributed by atoms with Gasteiger partial charge in [-0.1, -0.05) is 6.08 Å². The predicted molar refractivity (Wildman–Crippen MR) is 73.3 cm³/mol. The zero-order valence-electron chi connectivity index (χ0n) is 10.7. The maximum absolute atomic E-state index is 11.5. The van der Waals surface area contributed by atoms with Crippen molar-refractivity contribution in [1.29, 1.82) is 0 Å². The number of carboxylic acid groups (broad SMARTS) is 1. The number of aliphatic carboxylic acids is 1. The number of carbonyl (C=O) groups is 2. The Bertz CT molecular complexity index is 459. The zero-order valence-corrected chi connectivity index (χ0v) is 11.5. The van der Waals surface area contributed by atoms with Gasteiger partial charge in [0.05, 0.1) is 5.01 Å². The molecule has 0 saturated carbocycles. The van der Waals surface area contributed by atoms with Crippen molar-refractivity contribution in [3.63, 3.8) is 0 Å². The molecule has 0 spiro atoms. The van der Waals surface area contributed by atoms with Gasteiger partial charge in [-0.05, 0) is 13.3 Å². The summed E-state index contributed by atoms with van der Waals surface area (Å²) in [7, 11) is 0. The van der Waals surface area contributed by atoms with Gasteiger partial charge < -0.3 is 15.7 Å². The van der Waals surface area contributed by atoms with E-state index in [0.717, 1.165) is 10.7 Å². The average Bonchev–Trinajstić information content (AvgIpc) is 2.74. The van der Waals surface area contributed by atoms with E-state index in [0.29, 0.717) is 13.0 Å². The predicted octanol–water partition coefficient (Wildman–Crippen LogP) is 1.32. The third-order valence-corrected chi connectivity index (χ3v) is 3.32. The lowest BCUT2D eigenvalue weighted by atomic mass is 10.2. The van der Waals surface area contributed by atoms with E-state index in [9.17, 15) is 9.59 Å². The van der Waals surface area contributed by atoms with Crippen LogP contribution in [0.1, 0.15) is 17.1 Å². The summed E-state index contributed by atoms with van der Waals surface area (Å²) < 4.78 is 0. The molecule has 0 saturated heterocycles. The molecule has 0 aromatic carbocycles. The molecule has 0 aliphatic heterocycles. The van der Waals surface area contributed by atoms with Gasteiger partial charge in [-0.25, -0.2) is 14.6 Å². The summed E-state index contributed by atoms with van der Waals surface area (Å²) >= 11 is 1.54. The minimum Gasteiger partial charge on any atom is -0.480 e. The number of aryl methyl sites for hydroxylation is 1. The Labute approximate surface area is 115 Å². The Morgan fingerprint density at radius 2 is 2.37 bits per heavy atom. The van der Waals surface area contributed by atoms with E-state index in [1.54, 1.807) is 0 Å². The van der Waals surface area contributed by atoms with Crippen LogP contribution in [0.4, 0.5) is 4.79 Å². The van der Waals surface area contributed by atoms with Crippen LogP contribution in [0.2, 0.25) is 0 Å². The van der Waals surface area contributed by atoms with E-state index >= 15 is 0 Å². The quantitative estimate of drug-likeness (QED) is 0.658. The molecule has 7 heteroatoms. The molecule has 0 bridgehead atoms. The Hall–Kier alpha value is -1.89. The summed E-state index contributed by atoms with van der Waals surface area (Å²) in [5, 5.41) is 16.7. The Morgan fingerprint density at radius 1 is 1.63 bits per heavy atom. The number of hydrogen-bond donors (Lipinski definition) is 3. The van der Waals surface area contributed by atoms with Crippen LogP contribution >= 0.6 is 11.3 Å². The fourth-order valence-corrected chi connectivity index (χ4v) is 2.17. The van der Waals surface area contributed by atoms with Crippen molar-refractivity contribution < 1.29 is 14.7 Å². The van der Waals surface area contributed by atoms with E-state index < -0.39 is 18.0 Å². The van der Waals surface area contributed by atoms with E-state index in [2.05, 4.69) is 22.2 Å². The first-order chi connectivity index (χ1) is 9.02. The SMILES string of the molecule is C=CCC(NC(=O)NCCc1nc(C)cs1)C(=O)O. The van der Waals surface area contributed by atoms with Crippen LogP contribution in [-0.4, -0.2) is 34.7 Å². The van der Waals surface area contributed by atoms with Crippen LogP contribution in [0, 0.1) is 6.92 Å². The first kappa shape index (κ1) is 15.2. The maximum Gasteiger partial charge on any atom is 0.326 e. The van der Waals surface area contributed by atoms with E-state index in [1.165, 1.54) is 17.4 Å². The summed E-state index contributed by atoms with van der Waals surface area (Å²) in [5.74, 6) is -1.08. The van der Waals surface area contributed by atoms with Crippen molar-refractivity contribution in [3.8, 4) is 0 Å². The van der Waals surface area contributed by atoms with Gasteiger partial charge in [0.15, 0.2) is 0 Å². The molecule has 6 nitrogen and oxygen atoms in total. The van der Waals surface area contributed by atoms with Crippen LogP contribution in [0.15, 0.2) is 18.0 Å². The van der Waals surface area contributed by atoms with Gasteiger partial charge in [0.2, 0.25) is 0 Å². The van der Waals surface area contributed by atoms with Gasteiger partial charge in [0, 0.05) is 24.0 Å². The van der Waals surface area contributed by atoms with Crippen LogP contribution in [-0.2, 0) is 11.2 Å². The molecule has 1 rings (SSSR count). The second kappa shape index (κ2) is 7.52. The first-order valence-corrected chi connectivity index (χ1v) is 6.70. The number of aromatic nitrogens is 1. The van der Waals surface area contributed by atoms with Crippen molar-refractivity contribution in [2.24, 2.45) is 0 Å². The lowest BCUT2D eigenvalue weighted by Crippen LogP contribution is -2.46. The van der Waals surface area contributed by atoms with E-state index in [4.69, 9.17) is 5.11 Å². The van der Waals surface area contributed by atoms with Crippen LogP contribution in [0.5, 0.6) is 0 Å². The van der Waals surface area contributed by atoms with Crippen molar-refractivity contribution in [2.45, 2.75) is 25.8 Å². The summed E-state index contributed by atoms with van der Waals surface area (Å²) in [4.78, 5) is 26.6. The molecule has 1 aromatic rings. The number of urea groups is 1. The van der Waals surface area contributed by atoms with E-state index in [1.807, 2.05) is 12.3 Å². The molecular formula is C12H17N3O3S. The second-order valence-electron chi connectivity index (χ2n) is 3.95. The zero-order chi connectivity index (χ0) is 14.3. The minimum atomic E-state index is -1.08. The van der Waals surface area contributed by atoms with Crippen molar-refractivity contribution in [3.05, 3.63) is 28.7 Å². The standard InChI is InChI=1S/C12H17N3O3S/c1-3-4-9(11(16)17)15-12(18)13-6-5-10-14-8(2)7-19-10/h3,7,9H,1,4-6H2,2H3,(H,16,17)(H2,13,15,18). The molecular weight excluding hydrogens is 266 g/mol. The normalized spacial score (nSPS) is 11.6. The number of rotatable bonds is 7. The van der Waals surface area contributed by atoms with Crippen LogP contribution in [0.25, 0.3) is 0 Å². The lowest BCUT2D eigenvalue weighted by molar-refractivity contribution is -0.139. The number of hydrogen-bond acceptors (Lipinski definition) is 4. The number of carbonyl (C=O) groups excluding carboxylic acids is 1. The molecule has 3 N–H and O–H groups in total. The molecule has 0 radical (unpaired) electrons. The maximum atomic E-state index is 11.5. The third-order valence-electron chi connectivity index (χ3n) is 2.30. The molecule has 0 fully saturated rings. The van der Waals surface area contributed by atoms with Crippen molar-refractivity contribution in [2.75, 3.05) is 6.54 Å². The van der Waals surface area contributed by atoms with Crippen molar-refractivity contribution in [1.82, 2.24) is 15.6 Å². The van der Waals surface area contributed by atoms with Gasteiger partial charge in [0.25, 0.3) is 0 Å². The average molecular weight is 283 g/mol. The topological polar surface area (TPSA) is 91.3 Å². The highest BCUT2D eigenvalue weighted by Crippen LogP contribution is 2.08. The fourth-order valence-electron chi connectivity index (χ4n) is 1.40. The van der Waals surface area contributed by atoms with E-state index in [-0.39, 0.29) is 6.42 Å². The largest absolute Gasteiger partial charge is 0.480 e. The summed E-state index contributed by atoms with van der Waals surface area (Å²) in [6.45, 7) is 5.78. The summed E-state index contributed by atoms with van der Waals surface area (Å²) in [6.07, 6.45) is 2.27. The number of thiazole rings is 1. The number of nitrogens with zero attached hydrogens (tertiary/aromatic N) is 1. The monoisotopic (exact) mass is 283 g/mol. The summed E-state index contributed by atoms with van der Waals surface area (Å²) in [5.41, 5.74) is 0.960. The van der Waals surface area contributed by atoms with Gasteiger partial charge in [-0.3, -0.25) is 0 Å². The van der Waals surface area contributed by atoms with Gasteiger partial charge in [-0.2, -0.15) is 0 Å². The molecule has 1 heterocycles. The Kier molecular flexibility index (Phi) is 6.01. The smallest absolute Gasteiger partial charge is 0.326 e. The molecule has 104 valence electrons.